The summed E-state index contributed by atoms with van der Waals surface area (Å²) >= 11 is 0. The molecular formula is C49H50N2O5. The molecule has 0 fully saturated rings. The van der Waals surface area contributed by atoms with Crippen LogP contribution < -0.4 is 10.6 Å². The number of nitrogens with one attached hydrogen (secondary N) is 2. The highest BCUT2D eigenvalue weighted by Crippen LogP contribution is 2.42. The molecule has 286 valence electrons. The number of carbonyl (C=O) groups excluding carboxylic acids is 1. The van der Waals surface area contributed by atoms with Crippen molar-refractivity contribution < 1.29 is 24.1 Å². The van der Waals surface area contributed by atoms with Gasteiger partial charge in [-0.3, -0.25) is 4.79 Å². The Bertz CT molecular complexity index is 2540. The molecule has 2 unspecified atom stereocenters. The van der Waals surface area contributed by atoms with E-state index in [1.807, 2.05) is 6.07 Å². The molecule has 0 saturated heterocycles. The lowest BCUT2D eigenvalue weighted by molar-refractivity contribution is -0.127. The number of carbonyl (C=O) groups is 1. The molecule has 8 rings (SSSR count). The predicted octanol–water partition coefficient (Wildman–Crippen LogP) is 11.6. The van der Waals surface area contributed by atoms with Crippen molar-refractivity contribution in [2.24, 2.45) is 0 Å². The Kier molecular flexibility index (Phi) is 11.1. The number of rotatable bonds is 20. The lowest BCUT2D eigenvalue weighted by Crippen LogP contribution is -2.33. The number of aliphatic hydroxyl groups excluding tert-OH is 1. The van der Waals surface area contributed by atoms with Crippen LogP contribution in [0.25, 0.3) is 53.9 Å². The number of amides is 1. The Hall–Kier alpha value is -5.63. The molecule has 0 aliphatic heterocycles. The molecule has 1 aliphatic rings. The molecule has 0 bridgehead atoms. The van der Waals surface area contributed by atoms with E-state index < -0.39 is 12.2 Å². The minimum absolute atomic E-state index is 0.00498. The standard InChI is InChI=1S/C49H50N2O5/c1-4-5-7-28-56-48(49(53)51-42-25-22-36-18-16-33-12-10-13-35-20-23-39(42)46(36)44(33)35)32(3)54-26-8-6-9-27-55-43(31(2)52)30-50-41-24-21-37-19-17-34-14-11-15-38-29-40(41)47(37)45(34)38/h10-25,43,48,50,52H,2-9,26-30H2,1H3,(H,51,53). The topological polar surface area (TPSA) is 89.1 Å². The first-order valence-corrected chi connectivity index (χ1v) is 20.0. The van der Waals surface area contributed by atoms with E-state index in [-0.39, 0.29) is 11.7 Å². The van der Waals surface area contributed by atoms with Crippen molar-refractivity contribution in [2.75, 3.05) is 37.0 Å². The van der Waals surface area contributed by atoms with Crippen LogP contribution >= 0.6 is 0 Å². The summed E-state index contributed by atoms with van der Waals surface area (Å²) in [4.78, 5) is 13.8. The summed E-state index contributed by atoms with van der Waals surface area (Å²) in [6, 6.07) is 34.0. The zero-order chi connectivity index (χ0) is 38.6. The van der Waals surface area contributed by atoms with Crippen molar-refractivity contribution in [1.29, 1.82) is 0 Å². The van der Waals surface area contributed by atoms with E-state index in [0.717, 1.165) is 72.5 Å². The molecule has 1 aliphatic carbocycles. The van der Waals surface area contributed by atoms with Crippen LogP contribution in [0.15, 0.2) is 122 Å². The van der Waals surface area contributed by atoms with E-state index >= 15 is 0 Å². The van der Waals surface area contributed by atoms with Crippen molar-refractivity contribution in [1.82, 2.24) is 0 Å². The molecule has 0 saturated carbocycles. The summed E-state index contributed by atoms with van der Waals surface area (Å²) < 4.78 is 18.3. The summed E-state index contributed by atoms with van der Waals surface area (Å²) in [7, 11) is 0. The Morgan fingerprint density at radius 2 is 1.29 bits per heavy atom. The summed E-state index contributed by atoms with van der Waals surface area (Å²) in [5.74, 6) is 0.0101. The van der Waals surface area contributed by atoms with Crippen LogP contribution in [-0.4, -0.2) is 49.6 Å². The molecule has 7 nitrogen and oxygen atoms in total. The minimum atomic E-state index is -0.939. The van der Waals surface area contributed by atoms with Gasteiger partial charge >= 0.3 is 0 Å². The molecule has 0 aromatic heterocycles. The van der Waals surface area contributed by atoms with Gasteiger partial charge in [0, 0.05) is 42.9 Å². The fourth-order valence-electron chi connectivity index (χ4n) is 8.30. The lowest BCUT2D eigenvalue weighted by atomic mass is 9.93. The van der Waals surface area contributed by atoms with Gasteiger partial charge in [0.2, 0.25) is 0 Å². The number of hydrogen-bond acceptors (Lipinski definition) is 6. The van der Waals surface area contributed by atoms with Crippen molar-refractivity contribution in [3.05, 3.63) is 133 Å². The highest BCUT2D eigenvalue weighted by molar-refractivity contribution is 6.26. The van der Waals surface area contributed by atoms with Crippen molar-refractivity contribution in [2.45, 2.75) is 64.1 Å². The second kappa shape index (κ2) is 16.6. The molecule has 3 N–H and O–H groups in total. The van der Waals surface area contributed by atoms with Crippen LogP contribution in [-0.2, 0) is 25.4 Å². The first kappa shape index (κ1) is 37.3. The average Bonchev–Trinajstić information content (AvgIpc) is 3.61. The molecule has 1 amide bonds. The quantitative estimate of drug-likeness (QED) is 0.0409. The third-order valence-corrected chi connectivity index (χ3v) is 11.2. The van der Waals surface area contributed by atoms with Gasteiger partial charge in [-0.2, -0.15) is 0 Å². The van der Waals surface area contributed by atoms with Gasteiger partial charge in [-0.05, 0) is 97.4 Å². The molecule has 0 spiro atoms. The zero-order valence-corrected chi connectivity index (χ0v) is 32.2. The summed E-state index contributed by atoms with van der Waals surface area (Å²) in [5, 5.41) is 29.0. The van der Waals surface area contributed by atoms with Gasteiger partial charge in [0.25, 0.3) is 5.91 Å². The average molecular weight is 747 g/mol. The van der Waals surface area contributed by atoms with Gasteiger partial charge in [-0.1, -0.05) is 118 Å². The van der Waals surface area contributed by atoms with Crippen LogP contribution in [0.1, 0.15) is 56.6 Å². The molecule has 7 heteroatoms. The van der Waals surface area contributed by atoms with Gasteiger partial charge in [-0.15, -0.1) is 0 Å². The normalized spacial score (nSPS) is 13.3. The highest BCUT2D eigenvalue weighted by Gasteiger charge is 2.26. The monoisotopic (exact) mass is 746 g/mol. The van der Waals surface area contributed by atoms with Crippen LogP contribution in [0.3, 0.4) is 0 Å². The van der Waals surface area contributed by atoms with Crippen molar-refractivity contribution in [3.8, 4) is 0 Å². The van der Waals surface area contributed by atoms with E-state index in [9.17, 15) is 9.90 Å². The first-order valence-electron chi connectivity index (χ1n) is 20.0. The maximum Gasteiger partial charge on any atom is 0.261 e. The largest absolute Gasteiger partial charge is 0.510 e. The third-order valence-electron chi connectivity index (χ3n) is 11.2. The maximum absolute atomic E-state index is 13.8. The minimum Gasteiger partial charge on any atom is -0.510 e. The van der Waals surface area contributed by atoms with Gasteiger partial charge in [-0.25, -0.2) is 0 Å². The molecule has 56 heavy (non-hydrogen) atoms. The second-order valence-corrected chi connectivity index (χ2v) is 15.0. The second-order valence-electron chi connectivity index (χ2n) is 15.0. The number of aliphatic hydroxyl groups is 1. The number of benzene rings is 7. The van der Waals surface area contributed by atoms with Crippen LogP contribution in [0.4, 0.5) is 11.4 Å². The Morgan fingerprint density at radius 3 is 2.04 bits per heavy atom. The summed E-state index contributed by atoms with van der Waals surface area (Å²) in [6.45, 7) is 11.8. The van der Waals surface area contributed by atoms with E-state index in [1.54, 1.807) is 0 Å². The van der Waals surface area contributed by atoms with Crippen LogP contribution in [0.2, 0.25) is 0 Å². The maximum atomic E-state index is 13.8. The van der Waals surface area contributed by atoms with Crippen molar-refractivity contribution >= 4 is 71.1 Å². The van der Waals surface area contributed by atoms with E-state index in [4.69, 9.17) is 14.2 Å². The van der Waals surface area contributed by atoms with Crippen LogP contribution in [0.5, 0.6) is 0 Å². The summed E-state index contributed by atoms with van der Waals surface area (Å²) in [6.07, 6.45) is 4.69. The first-order chi connectivity index (χ1) is 27.4. The fraction of sp³-hybridized carbons (Fsp3) is 0.286. The van der Waals surface area contributed by atoms with E-state index in [0.29, 0.717) is 32.1 Å². The molecular weight excluding hydrogens is 697 g/mol. The smallest absolute Gasteiger partial charge is 0.261 e. The van der Waals surface area contributed by atoms with Crippen molar-refractivity contribution in [3.63, 3.8) is 0 Å². The predicted molar refractivity (Wildman–Crippen MR) is 231 cm³/mol. The Morgan fingerprint density at radius 1 is 0.679 bits per heavy atom. The highest BCUT2D eigenvalue weighted by atomic mass is 16.5. The summed E-state index contributed by atoms with van der Waals surface area (Å²) in [5.41, 5.74) is 4.43. The van der Waals surface area contributed by atoms with Gasteiger partial charge < -0.3 is 30.0 Å². The van der Waals surface area contributed by atoms with Gasteiger partial charge in [0.15, 0.2) is 6.10 Å². The zero-order valence-electron chi connectivity index (χ0n) is 32.2. The molecule has 0 radical (unpaired) electrons. The van der Waals surface area contributed by atoms with Gasteiger partial charge in [0.1, 0.15) is 17.6 Å². The molecule has 7 aromatic carbocycles. The van der Waals surface area contributed by atoms with Crippen LogP contribution in [0, 0.1) is 0 Å². The number of anilines is 2. The number of ether oxygens (including phenoxy) is 3. The lowest BCUT2D eigenvalue weighted by Gasteiger charge is -2.21. The number of hydrogen-bond donors (Lipinski definition) is 3. The van der Waals surface area contributed by atoms with Gasteiger partial charge in [0.05, 0.1) is 6.61 Å². The van der Waals surface area contributed by atoms with E-state index in [2.05, 4.69) is 122 Å². The third kappa shape index (κ3) is 7.49. The fourth-order valence-corrected chi connectivity index (χ4v) is 8.30. The Balaban J connectivity index is 0.827. The molecule has 7 aromatic rings. The Labute approximate surface area is 328 Å². The number of unbranched alkanes of at least 4 members (excludes halogenated alkanes) is 4. The molecule has 0 heterocycles. The SMILES string of the molecule is C=C(O)C(CNc1ccc2ccc3cccc4c3c2c1C4)OCCCCCOC(=C)C(OCCCCC)C(=O)Nc1ccc2ccc3cccc4ccc1c2c34. The van der Waals surface area contributed by atoms with E-state index in [1.165, 1.54) is 48.8 Å². The molecule has 2 atom stereocenters.